The zero-order chi connectivity index (χ0) is 14.9. The Hall–Kier alpha value is -2.18. The molecule has 1 aromatic carbocycles. The molecular formula is C13H16N2O5. The third kappa shape index (κ3) is 2.56. The van der Waals surface area contributed by atoms with Crippen LogP contribution in [0.25, 0.3) is 0 Å². The minimum absolute atomic E-state index is 0.104. The van der Waals surface area contributed by atoms with E-state index in [4.69, 9.17) is 4.74 Å². The number of fused-ring (bicyclic) bond motifs is 1. The van der Waals surface area contributed by atoms with Gasteiger partial charge < -0.3 is 4.74 Å². The van der Waals surface area contributed by atoms with E-state index in [1.807, 2.05) is 13.8 Å². The summed E-state index contributed by atoms with van der Waals surface area (Å²) in [7, 11) is 0. The van der Waals surface area contributed by atoms with Crippen LogP contribution in [0.5, 0.6) is 5.75 Å². The van der Waals surface area contributed by atoms with Gasteiger partial charge in [0.1, 0.15) is 11.7 Å². The van der Waals surface area contributed by atoms with Gasteiger partial charge in [0, 0.05) is 15.4 Å². The summed E-state index contributed by atoms with van der Waals surface area (Å²) >= 11 is 0. The van der Waals surface area contributed by atoms with Crippen molar-refractivity contribution in [2.24, 2.45) is 5.92 Å². The van der Waals surface area contributed by atoms with E-state index in [-0.39, 0.29) is 5.92 Å². The van der Waals surface area contributed by atoms with Crippen molar-refractivity contribution in [3.8, 4) is 5.75 Å². The van der Waals surface area contributed by atoms with Crippen molar-refractivity contribution < 1.29 is 14.6 Å². The monoisotopic (exact) mass is 280 g/mol. The van der Waals surface area contributed by atoms with Crippen LogP contribution in [0.3, 0.4) is 0 Å². The molecule has 0 amide bonds. The first kappa shape index (κ1) is 14.2. The predicted octanol–water partition coefficient (Wildman–Crippen LogP) is 2.11. The van der Waals surface area contributed by atoms with Crippen molar-refractivity contribution in [3.05, 3.63) is 50.1 Å². The average Bonchev–Trinajstić information content (AvgIpc) is 2.37. The molecule has 0 unspecified atom stereocenters. The van der Waals surface area contributed by atoms with Gasteiger partial charge in [0.25, 0.3) is 6.04 Å². The summed E-state index contributed by atoms with van der Waals surface area (Å²) in [4.78, 5) is 21.3. The van der Waals surface area contributed by atoms with E-state index in [9.17, 15) is 20.2 Å². The highest BCUT2D eigenvalue weighted by Crippen LogP contribution is 2.39. The fraction of sp³-hybridized carbons (Fsp3) is 0.538. The van der Waals surface area contributed by atoms with E-state index >= 15 is 0 Å². The number of ether oxygens (including phenoxy) is 1. The van der Waals surface area contributed by atoms with E-state index in [1.165, 1.54) is 0 Å². The van der Waals surface area contributed by atoms with Crippen LogP contribution < -0.4 is 4.74 Å². The Kier molecular flexibility index (Phi) is 3.87. The molecule has 0 fully saturated rings. The minimum atomic E-state index is -1.10. The third-order valence-corrected chi connectivity index (χ3v) is 3.58. The lowest BCUT2D eigenvalue weighted by molar-refractivity contribution is -0.558. The molecule has 20 heavy (non-hydrogen) atoms. The highest BCUT2D eigenvalue weighted by atomic mass is 16.6. The number of rotatable bonds is 4. The van der Waals surface area contributed by atoms with E-state index in [2.05, 4.69) is 0 Å². The van der Waals surface area contributed by atoms with E-state index in [0.29, 0.717) is 11.3 Å². The lowest BCUT2D eigenvalue weighted by Crippen LogP contribution is -2.50. The second kappa shape index (κ2) is 5.44. The van der Waals surface area contributed by atoms with Crippen LogP contribution in [0.2, 0.25) is 0 Å². The Morgan fingerprint density at radius 1 is 1.25 bits per heavy atom. The first-order chi connectivity index (χ1) is 9.41. The maximum absolute atomic E-state index is 11.4. The Balaban J connectivity index is 2.50. The quantitative estimate of drug-likeness (QED) is 0.621. The largest absolute Gasteiger partial charge is 0.483 e. The van der Waals surface area contributed by atoms with Gasteiger partial charge in [0.15, 0.2) is 6.10 Å². The molecule has 1 heterocycles. The molecule has 1 aliphatic rings. The van der Waals surface area contributed by atoms with Gasteiger partial charge >= 0.3 is 0 Å². The molecule has 2 rings (SSSR count). The first-order valence-electron chi connectivity index (χ1n) is 6.42. The molecule has 7 heteroatoms. The zero-order valence-electron chi connectivity index (χ0n) is 11.3. The first-order valence-corrected chi connectivity index (χ1v) is 6.42. The number of benzene rings is 1. The zero-order valence-corrected chi connectivity index (χ0v) is 11.3. The second-order valence-electron chi connectivity index (χ2n) is 5.26. The maximum Gasteiger partial charge on any atom is 0.262 e. The van der Waals surface area contributed by atoms with E-state index < -0.39 is 34.5 Å². The van der Waals surface area contributed by atoms with Crippen LogP contribution in [-0.4, -0.2) is 28.5 Å². The van der Waals surface area contributed by atoms with Gasteiger partial charge in [0.2, 0.25) is 6.54 Å². The van der Waals surface area contributed by atoms with Gasteiger partial charge in [-0.25, -0.2) is 0 Å². The van der Waals surface area contributed by atoms with Crippen LogP contribution in [0.1, 0.15) is 25.3 Å². The summed E-state index contributed by atoms with van der Waals surface area (Å²) in [6.45, 7) is 3.17. The summed E-state index contributed by atoms with van der Waals surface area (Å²) < 4.78 is 5.71. The molecule has 3 atom stereocenters. The lowest BCUT2D eigenvalue weighted by Gasteiger charge is -2.34. The molecule has 0 aliphatic carbocycles. The Morgan fingerprint density at radius 2 is 1.90 bits per heavy atom. The summed E-state index contributed by atoms with van der Waals surface area (Å²) in [5.41, 5.74) is 0.544. The molecule has 108 valence electrons. The average molecular weight is 280 g/mol. The van der Waals surface area contributed by atoms with Gasteiger partial charge in [-0.15, -0.1) is 0 Å². The molecule has 0 saturated carbocycles. The molecule has 1 aromatic rings. The van der Waals surface area contributed by atoms with Crippen molar-refractivity contribution in [1.29, 1.82) is 0 Å². The van der Waals surface area contributed by atoms with Gasteiger partial charge in [-0.3, -0.25) is 20.2 Å². The molecule has 0 bridgehead atoms. The van der Waals surface area contributed by atoms with E-state index in [0.717, 1.165) is 0 Å². The number of nitrogens with zero attached hydrogens (tertiary/aromatic N) is 2. The van der Waals surface area contributed by atoms with Crippen molar-refractivity contribution in [3.63, 3.8) is 0 Å². The van der Waals surface area contributed by atoms with Gasteiger partial charge in [-0.2, -0.15) is 0 Å². The summed E-state index contributed by atoms with van der Waals surface area (Å²) in [6, 6.07) is 5.73. The van der Waals surface area contributed by atoms with Crippen LogP contribution in [0.15, 0.2) is 24.3 Å². The molecule has 0 saturated heterocycles. The van der Waals surface area contributed by atoms with Crippen LogP contribution in [0, 0.1) is 26.1 Å². The predicted molar refractivity (Wildman–Crippen MR) is 71.1 cm³/mol. The maximum atomic E-state index is 11.4. The summed E-state index contributed by atoms with van der Waals surface area (Å²) in [5.74, 6) is -0.360. The standard InChI is InChI=1S/C13H16N2O5/c1-8(2)13-12(15(18)19)10(7-14(16)17)9-5-3-4-6-11(9)20-13/h3-6,8,10,12-13H,7H2,1-2H3/t10-,12+,13+/m1/s1. The molecule has 7 nitrogen and oxygen atoms in total. The molecule has 0 radical (unpaired) electrons. The molecule has 0 aromatic heterocycles. The minimum Gasteiger partial charge on any atom is -0.483 e. The summed E-state index contributed by atoms with van der Waals surface area (Å²) in [6.07, 6.45) is -0.662. The highest BCUT2D eigenvalue weighted by Gasteiger charge is 2.49. The van der Waals surface area contributed by atoms with Gasteiger partial charge in [-0.05, 0) is 12.0 Å². The fourth-order valence-corrected chi connectivity index (χ4v) is 2.69. The number of nitro groups is 2. The van der Waals surface area contributed by atoms with Crippen molar-refractivity contribution in [2.45, 2.75) is 31.9 Å². The van der Waals surface area contributed by atoms with Crippen molar-refractivity contribution in [2.75, 3.05) is 6.54 Å². The number of hydrogen-bond acceptors (Lipinski definition) is 5. The van der Waals surface area contributed by atoms with Crippen LogP contribution in [-0.2, 0) is 0 Å². The molecule has 1 aliphatic heterocycles. The van der Waals surface area contributed by atoms with Gasteiger partial charge in [-0.1, -0.05) is 32.0 Å². The van der Waals surface area contributed by atoms with Crippen molar-refractivity contribution in [1.82, 2.24) is 0 Å². The van der Waals surface area contributed by atoms with Gasteiger partial charge in [0.05, 0.1) is 0 Å². The molecule has 0 spiro atoms. The Morgan fingerprint density at radius 3 is 2.45 bits per heavy atom. The van der Waals surface area contributed by atoms with Crippen LogP contribution in [0.4, 0.5) is 0 Å². The smallest absolute Gasteiger partial charge is 0.262 e. The normalized spacial score (nSPS) is 24.9. The van der Waals surface area contributed by atoms with Crippen LogP contribution >= 0.6 is 0 Å². The fourth-order valence-electron chi connectivity index (χ4n) is 2.69. The lowest BCUT2D eigenvalue weighted by atomic mass is 9.82. The Labute approximate surface area is 115 Å². The third-order valence-electron chi connectivity index (χ3n) is 3.58. The van der Waals surface area contributed by atoms with E-state index in [1.54, 1.807) is 24.3 Å². The van der Waals surface area contributed by atoms with Crippen molar-refractivity contribution >= 4 is 0 Å². The summed E-state index contributed by atoms with van der Waals surface area (Å²) in [5, 5.41) is 22.2. The highest BCUT2D eigenvalue weighted by molar-refractivity contribution is 5.39. The SMILES string of the molecule is CC(C)[C@@H]1Oc2ccccc2[C@@H](C[N+](=O)[O-])[C@@H]1[N+](=O)[O-]. The number of para-hydroxylation sites is 1. The second-order valence-corrected chi connectivity index (χ2v) is 5.26. The molecule has 0 N–H and O–H groups in total. The Bertz CT molecular complexity index is 531. The topological polar surface area (TPSA) is 95.5 Å². The molecular weight excluding hydrogens is 264 g/mol. The number of hydrogen-bond donors (Lipinski definition) is 0.